The van der Waals surface area contributed by atoms with E-state index in [2.05, 4.69) is 36.6 Å². The molecule has 27 rings (SSSR count). The SMILES string of the molecule is N=C(N)Nc1cc2cc(c1)NCc1nc(cs1)C(=O)NC[C@H]1O[C@@H]3O[C@H]4C(O)C(O)[C@H](O[C@@H]4CO)O[C@H]4C(O)C(O)[C@H](O[C@@H]4CO)O[C@H]4C(O)C(O)[C@H](O[C@@H]4CO)O[C@H]4C(O)C(O)[C@H](O[C@@H]4CNC(=O)c4csc(n4)CN2)O[C@H]2C(O)C(O)[C@H](O[C@@H]2CO)O[C@H]2C(O)C(O)[C@H](O[C@@H]2CO)O[C@H]1C(O)C3O. The molecule has 21 fully saturated rings. The lowest BCUT2D eigenvalue weighted by Gasteiger charge is -2.50. The van der Waals surface area contributed by atoms with E-state index in [0.717, 1.165) is 22.7 Å². The van der Waals surface area contributed by atoms with Crippen molar-refractivity contribution in [3.63, 3.8) is 0 Å². The smallest absolute Gasteiger partial charge is 0.270 e. The number of guanidine groups is 1. The van der Waals surface area contributed by atoms with Crippen molar-refractivity contribution in [2.24, 2.45) is 5.73 Å². The van der Waals surface area contributed by atoms with Gasteiger partial charge in [-0.05, 0) is 18.2 Å². The van der Waals surface area contributed by atoms with E-state index in [0.29, 0.717) is 27.1 Å². The number of nitrogens with zero attached hydrogens (tertiary/aromatic N) is 2. The van der Waals surface area contributed by atoms with E-state index >= 15 is 0 Å². The second-order valence-corrected chi connectivity index (χ2v) is 27.9. The number of rotatable bonds is 6. The predicted molar refractivity (Wildman–Crippen MR) is 340 cm³/mol. The molecule has 105 heavy (non-hydrogen) atoms. The van der Waals surface area contributed by atoms with Crippen LogP contribution in [0.5, 0.6) is 0 Å². The Kier molecular flexibility index (Phi) is 25.8. The fourth-order valence-electron chi connectivity index (χ4n) is 13.4. The van der Waals surface area contributed by atoms with Gasteiger partial charge in [0.1, 0.15) is 192 Å². The molecule has 588 valence electrons. The molecule has 46 heteroatoms. The van der Waals surface area contributed by atoms with Crippen LogP contribution in [0.25, 0.3) is 0 Å². The molecule has 0 spiro atoms. The first-order valence-corrected chi connectivity index (χ1v) is 34.9. The third-order valence-corrected chi connectivity index (χ3v) is 20.7. The molecule has 0 radical (unpaired) electrons. The number of carbonyl (C=O) groups excluding carboxylic acids is 2. The summed E-state index contributed by atoms with van der Waals surface area (Å²) in [6.45, 7) is -7.05. The van der Waals surface area contributed by atoms with E-state index in [1.807, 2.05) is 0 Å². The molecule has 2 amide bonds. The largest absolute Gasteiger partial charge is 0.394 e. The summed E-state index contributed by atoms with van der Waals surface area (Å²) < 4.78 is 83.2. The van der Waals surface area contributed by atoms with Crippen LogP contribution in [0, 0.1) is 5.41 Å². The number of thiazole rings is 2. The van der Waals surface area contributed by atoms with Crippen LogP contribution in [-0.2, 0) is 79.4 Å². The Hall–Kier alpha value is -5.03. The molecule has 3 aromatic rings. The van der Waals surface area contributed by atoms with Gasteiger partial charge in [-0.1, -0.05) is 0 Å². The molecule has 35 atom stereocenters. The van der Waals surface area contributed by atoms with Crippen molar-refractivity contribution >= 4 is 57.5 Å². The molecule has 27 N–H and O–H groups in total. The van der Waals surface area contributed by atoms with Crippen molar-refractivity contribution < 1.29 is 173 Å². The first kappa shape index (κ1) is 79.5. The number of amides is 2. The molecule has 14 unspecified atom stereocenters. The average Bonchev–Trinajstić information content (AvgIpc) is 1.40. The average molecular weight is 1540 g/mol. The zero-order chi connectivity index (χ0) is 75.1. The van der Waals surface area contributed by atoms with Gasteiger partial charge in [0, 0.05) is 40.9 Å². The number of ether oxygens (including phenoxy) is 14. The maximum Gasteiger partial charge on any atom is 0.270 e. The van der Waals surface area contributed by atoms with Crippen molar-refractivity contribution in [1.82, 2.24) is 20.6 Å². The van der Waals surface area contributed by atoms with Gasteiger partial charge in [0.05, 0.1) is 46.1 Å². The van der Waals surface area contributed by atoms with E-state index in [9.17, 15) is 107 Å². The van der Waals surface area contributed by atoms with Crippen LogP contribution in [-0.4, -0.2) is 386 Å². The van der Waals surface area contributed by atoms with Gasteiger partial charge in [0.15, 0.2) is 50.0 Å². The number of aliphatic hydroxyl groups excluding tert-OH is 19. The fourth-order valence-corrected chi connectivity index (χ4v) is 14.9. The summed E-state index contributed by atoms with van der Waals surface area (Å²) in [7, 11) is 0. The van der Waals surface area contributed by atoms with Crippen LogP contribution in [0.3, 0.4) is 0 Å². The first-order chi connectivity index (χ1) is 50.2. The lowest BCUT2D eigenvalue weighted by molar-refractivity contribution is -0.395. The normalized spacial score (nSPS) is 44.7. The van der Waals surface area contributed by atoms with Crippen LogP contribution in [0.2, 0.25) is 0 Å². The van der Waals surface area contributed by atoms with Crippen molar-refractivity contribution in [2.75, 3.05) is 62.1 Å². The molecule has 26 heterocycles. The maximum absolute atomic E-state index is 14.1. The standard InChI is InChI=1S/C59H85N9O35S2/c60-59(61)66-17-2-15-1-16(3-17)63-7-28-68-19(14-105-28)51(89)65-5-21-44-29(74)36(81)52(90-21)99-45-22(8-69)94-56(40(85)33(45)78)101-47-24(10-71)92-54(38(83)31(47)76)97-43-20(4-64-50(88)18-13-104-27(67-18)6-62-15)91-53(37(82)30(43)75)100-46-23(9-70)95-57(41(86)34(46)79)103-49-26(12-73)96-58(42(87)35(49)80)102-48-25(11-72)93-55(98-44)39(84)32(48)77/h1-3,13-14,20-26,29-49,52-58,62-63,69-87H,4-12H2,(H,64,88)(H,65,89)(H4,60,61,66)/t20-,21-,22-,23-,24-,25-,26-,29?,30?,31?,32?,33?,34?,35?,36?,37?,38?,39?,40?,41?,42?,43-,44-,45-,46-,47-,48-,49-,52-,53-,54-,55-,56-,57-,58-/m1/s1. The van der Waals surface area contributed by atoms with Gasteiger partial charge in [0.25, 0.3) is 11.8 Å². The Morgan fingerprint density at radius 3 is 0.914 bits per heavy atom. The third-order valence-electron chi connectivity index (χ3n) is 19.0. The lowest BCUT2D eigenvalue weighted by atomic mass is 9.95. The summed E-state index contributed by atoms with van der Waals surface area (Å²) in [6.07, 6.45) is -73.5. The molecule has 24 aliphatic rings. The van der Waals surface area contributed by atoms with Gasteiger partial charge >= 0.3 is 0 Å². The van der Waals surface area contributed by atoms with Crippen LogP contribution in [0.15, 0.2) is 29.0 Å². The van der Waals surface area contributed by atoms with Gasteiger partial charge in [-0.2, -0.15) is 0 Å². The molecule has 21 saturated heterocycles. The fraction of sp³-hybridized carbons (Fsp3) is 0.746. The number of aromatic nitrogens is 2. The van der Waals surface area contributed by atoms with Crippen LogP contribution in [0.4, 0.5) is 17.1 Å². The monoisotopic (exact) mass is 1540 g/mol. The van der Waals surface area contributed by atoms with Crippen LogP contribution < -0.4 is 32.3 Å². The number of nitrogens with two attached hydrogens (primary N) is 1. The topological polar surface area (TPSA) is 684 Å². The van der Waals surface area contributed by atoms with Gasteiger partial charge < -0.3 is 196 Å². The van der Waals surface area contributed by atoms with Crippen molar-refractivity contribution in [1.29, 1.82) is 5.41 Å². The zero-order valence-electron chi connectivity index (χ0n) is 54.8. The zero-order valence-corrected chi connectivity index (χ0v) is 56.4. The van der Waals surface area contributed by atoms with Crippen molar-refractivity contribution in [2.45, 2.75) is 228 Å². The molecule has 24 aliphatic heterocycles. The van der Waals surface area contributed by atoms with Gasteiger partial charge in [-0.25, -0.2) is 9.97 Å². The van der Waals surface area contributed by atoms with E-state index in [1.54, 1.807) is 18.2 Å². The number of hydrogen-bond acceptors (Lipinski definition) is 42. The highest BCUT2D eigenvalue weighted by atomic mass is 32.1. The summed E-state index contributed by atoms with van der Waals surface area (Å²) in [5.74, 6) is -2.20. The molecular formula is C59H85N9O35S2. The Morgan fingerprint density at radius 1 is 0.390 bits per heavy atom. The molecule has 2 aromatic heterocycles. The molecule has 0 saturated carbocycles. The lowest BCUT2D eigenvalue weighted by Crippen LogP contribution is -2.68. The van der Waals surface area contributed by atoms with E-state index in [1.165, 1.54) is 10.8 Å². The number of hydrogen-bond donors (Lipinski definition) is 26. The van der Waals surface area contributed by atoms with Gasteiger partial charge in [-0.3, -0.25) is 15.0 Å². The minimum atomic E-state index is -2.32. The molecule has 44 nitrogen and oxygen atoms in total. The summed E-state index contributed by atoms with van der Waals surface area (Å²) in [4.78, 5) is 37.0. The van der Waals surface area contributed by atoms with Gasteiger partial charge in [0.2, 0.25) is 0 Å². The van der Waals surface area contributed by atoms with Crippen molar-refractivity contribution in [3.8, 4) is 0 Å². The highest BCUT2D eigenvalue weighted by Gasteiger charge is 2.60. The Labute approximate surface area is 600 Å². The number of benzene rings is 1. The number of carbonyl (C=O) groups is 2. The van der Waals surface area contributed by atoms with Crippen LogP contribution >= 0.6 is 22.7 Å². The minimum absolute atomic E-state index is 0.0177. The highest BCUT2D eigenvalue weighted by Crippen LogP contribution is 2.40. The van der Waals surface area contributed by atoms with E-state index in [4.69, 9.17) is 77.5 Å². The van der Waals surface area contributed by atoms with Crippen LogP contribution in [0.1, 0.15) is 31.0 Å². The minimum Gasteiger partial charge on any atom is -0.394 e. The quantitative estimate of drug-likeness (QED) is 0.0805. The summed E-state index contributed by atoms with van der Waals surface area (Å²) in [5.41, 5.74) is 6.52. The summed E-state index contributed by atoms with van der Waals surface area (Å²) in [6, 6.07) is 4.86. The second kappa shape index (κ2) is 34.1. The molecular weight excluding hydrogens is 1460 g/mol. The predicted octanol–water partition coefficient (Wildman–Crippen LogP) is -12.6. The summed E-state index contributed by atoms with van der Waals surface area (Å²) in [5, 5.41) is 244. The Bertz CT molecular complexity index is 3370. The molecule has 0 aliphatic carbocycles. The highest BCUT2D eigenvalue weighted by molar-refractivity contribution is 7.10. The number of nitrogens with one attached hydrogen (secondary N) is 6. The summed E-state index contributed by atoms with van der Waals surface area (Å²) >= 11 is 2.07. The van der Waals surface area contributed by atoms with Gasteiger partial charge in [-0.15, -0.1) is 22.7 Å². The molecule has 22 bridgehead atoms. The third kappa shape index (κ3) is 16.9. The van der Waals surface area contributed by atoms with E-state index in [-0.39, 0.29) is 24.5 Å². The second-order valence-electron chi connectivity index (χ2n) is 26.0. The maximum atomic E-state index is 14.1. The molecule has 1 aromatic carbocycles. The Morgan fingerprint density at radius 2 is 0.648 bits per heavy atom. The number of aliphatic hydroxyl groups is 19. The van der Waals surface area contributed by atoms with E-state index < -0.39 is 279 Å². The first-order valence-electron chi connectivity index (χ1n) is 33.1. The Balaban J connectivity index is 0.922. The van der Waals surface area contributed by atoms with Crippen molar-refractivity contribution in [3.05, 3.63) is 50.4 Å². The number of anilines is 3.